The van der Waals surface area contributed by atoms with E-state index in [1.807, 2.05) is 6.07 Å². The number of benzene rings is 1. The summed E-state index contributed by atoms with van der Waals surface area (Å²) in [5.74, 6) is 1.18. The summed E-state index contributed by atoms with van der Waals surface area (Å²) in [5, 5.41) is 3.05. The van der Waals surface area contributed by atoms with Gasteiger partial charge in [-0.25, -0.2) is 8.42 Å². The number of hydrogen-bond acceptors (Lipinski definition) is 5. The zero-order valence-corrected chi connectivity index (χ0v) is 13.2. The number of rotatable bonds is 3. The third-order valence-corrected chi connectivity index (χ3v) is 6.31. The number of fused-ring (bicyclic) bond motifs is 2. The molecule has 2 heterocycles. The summed E-state index contributed by atoms with van der Waals surface area (Å²) in [6, 6.07) is 3.52. The Labute approximate surface area is 125 Å². The molecule has 0 amide bonds. The first-order valence-electron chi connectivity index (χ1n) is 7.45. The molecule has 5 nitrogen and oxygen atoms in total. The van der Waals surface area contributed by atoms with E-state index >= 15 is 0 Å². The van der Waals surface area contributed by atoms with Crippen molar-refractivity contribution in [2.75, 3.05) is 19.8 Å². The Morgan fingerprint density at radius 1 is 1.24 bits per heavy atom. The molecular formula is C15H21NO4S. The van der Waals surface area contributed by atoms with Crippen LogP contribution in [-0.2, 0) is 9.84 Å². The molecule has 3 rings (SSSR count). The molecule has 1 aromatic rings. The average Bonchev–Trinajstić information content (AvgIpc) is 2.48. The topological polar surface area (TPSA) is 64.6 Å². The molecule has 116 valence electrons. The standard InChI is InChI=1S/C15H21NO4S/c1-3-4-16-12-7-10(2)21(17,18)15-9-14-13(8-11(12)15)19-5-6-20-14/h8-10,12,16H,3-7H2,1-2H3. The van der Waals surface area contributed by atoms with Gasteiger partial charge in [-0.05, 0) is 37.9 Å². The molecule has 0 aromatic heterocycles. The summed E-state index contributed by atoms with van der Waals surface area (Å²) >= 11 is 0. The molecule has 2 aliphatic heterocycles. The molecular weight excluding hydrogens is 290 g/mol. The molecule has 2 unspecified atom stereocenters. The van der Waals surface area contributed by atoms with Gasteiger partial charge in [0.25, 0.3) is 0 Å². The Hall–Kier alpha value is -1.27. The SMILES string of the molecule is CCCNC1CC(C)S(=O)(=O)c2cc3c(cc21)OCCO3. The molecule has 0 fully saturated rings. The fraction of sp³-hybridized carbons (Fsp3) is 0.600. The minimum Gasteiger partial charge on any atom is -0.486 e. The second kappa shape index (κ2) is 5.50. The van der Waals surface area contributed by atoms with Crippen LogP contribution in [0.3, 0.4) is 0 Å². The van der Waals surface area contributed by atoms with E-state index in [0.717, 1.165) is 18.5 Å². The minimum atomic E-state index is -3.29. The van der Waals surface area contributed by atoms with Crippen molar-refractivity contribution in [3.63, 3.8) is 0 Å². The summed E-state index contributed by atoms with van der Waals surface area (Å²) in [5.41, 5.74) is 0.811. The fourth-order valence-corrected chi connectivity index (χ4v) is 4.60. The lowest BCUT2D eigenvalue weighted by atomic mass is 10.00. The quantitative estimate of drug-likeness (QED) is 0.925. The van der Waals surface area contributed by atoms with Gasteiger partial charge in [0.05, 0.1) is 10.1 Å². The first-order valence-corrected chi connectivity index (χ1v) is 8.99. The molecule has 0 saturated heterocycles. The van der Waals surface area contributed by atoms with E-state index in [1.54, 1.807) is 13.0 Å². The highest BCUT2D eigenvalue weighted by Crippen LogP contribution is 2.43. The summed E-state index contributed by atoms with van der Waals surface area (Å²) in [6.45, 7) is 5.70. The molecule has 0 spiro atoms. The molecule has 0 bridgehead atoms. The van der Waals surface area contributed by atoms with Crippen LogP contribution >= 0.6 is 0 Å². The predicted octanol–water partition coefficient (Wildman–Crippen LogP) is 2.06. The lowest BCUT2D eigenvalue weighted by Gasteiger charge is -2.32. The van der Waals surface area contributed by atoms with Gasteiger partial charge in [-0.2, -0.15) is 0 Å². The van der Waals surface area contributed by atoms with E-state index in [2.05, 4.69) is 12.2 Å². The molecule has 21 heavy (non-hydrogen) atoms. The Balaban J connectivity index is 2.10. The van der Waals surface area contributed by atoms with Crippen molar-refractivity contribution in [3.05, 3.63) is 17.7 Å². The van der Waals surface area contributed by atoms with Gasteiger partial charge < -0.3 is 14.8 Å². The van der Waals surface area contributed by atoms with E-state index in [9.17, 15) is 8.42 Å². The highest BCUT2D eigenvalue weighted by molar-refractivity contribution is 7.92. The molecule has 1 N–H and O–H groups in total. The van der Waals surface area contributed by atoms with E-state index in [4.69, 9.17) is 9.47 Å². The van der Waals surface area contributed by atoms with Crippen LogP contribution in [-0.4, -0.2) is 33.4 Å². The van der Waals surface area contributed by atoms with Crippen molar-refractivity contribution in [2.45, 2.75) is 42.9 Å². The van der Waals surface area contributed by atoms with Crippen LogP contribution in [0.25, 0.3) is 0 Å². The van der Waals surface area contributed by atoms with E-state index < -0.39 is 9.84 Å². The maximum atomic E-state index is 12.6. The highest BCUT2D eigenvalue weighted by atomic mass is 32.2. The molecule has 1 aromatic carbocycles. The van der Waals surface area contributed by atoms with Gasteiger partial charge in [0, 0.05) is 12.1 Å². The minimum absolute atomic E-state index is 0.0503. The Morgan fingerprint density at radius 3 is 2.57 bits per heavy atom. The Kier molecular flexibility index (Phi) is 3.84. The molecule has 6 heteroatoms. The van der Waals surface area contributed by atoms with Crippen LogP contribution in [0.2, 0.25) is 0 Å². The monoisotopic (exact) mass is 311 g/mol. The van der Waals surface area contributed by atoms with Gasteiger partial charge >= 0.3 is 0 Å². The summed E-state index contributed by atoms with van der Waals surface area (Å²) in [7, 11) is -3.29. The third kappa shape index (κ3) is 2.51. The molecule has 0 aliphatic carbocycles. The van der Waals surface area contributed by atoms with Crippen molar-refractivity contribution in [3.8, 4) is 11.5 Å². The van der Waals surface area contributed by atoms with Gasteiger partial charge in [-0.1, -0.05) is 6.92 Å². The van der Waals surface area contributed by atoms with Crippen molar-refractivity contribution in [1.82, 2.24) is 5.32 Å². The van der Waals surface area contributed by atoms with Crippen molar-refractivity contribution < 1.29 is 17.9 Å². The van der Waals surface area contributed by atoms with Gasteiger partial charge in [-0.3, -0.25) is 0 Å². The van der Waals surface area contributed by atoms with Crippen LogP contribution in [0.4, 0.5) is 0 Å². The van der Waals surface area contributed by atoms with Crippen molar-refractivity contribution >= 4 is 9.84 Å². The largest absolute Gasteiger partial charge is 0.486 e. The number of sulfone groups is 1. The number of hydrogen-bond donors (Lipinski definition) is 1. The maximum absolute atomic E-state index is 12.6. The summed E-state index contributed by atoms with van der Waals surface area (Å²) < 4.78 is 36.3. The van der Waals surface area contributed by atoms with Crippen LogP contribution in [0.5, 0.6) is 11.5 Å². The second-order valence-electron chi connectivity index (χ2n) is 5.63. The third-order valence-electron chi connectivity index (χ3n) is 4.09. The molecule has 0 radical (unpaired) electrons. The lowest BCUT2D eigenvalue weighted by molar-refractivity contribution is 0.170. The number of nitrogens with one attached hydrogen (secondary N) is 1. The first kappa shape index (κ1) is 14.7. The Bertz CT molecular complexity index is 641. The predicted molar refractivity (Wildman–Crippen MR) is 79.7 cm³/mol. The van der Waals surface area contributed by atoms with Gasteiger partial charge in [0.15, 0.2) is 21.3 Å². The summed E-state index contributed by atoms with van der Waals surface area (Å²) in [4.78, 5) is 0.388. The van der Waals surface area contributed by atoms with Crippen LogP contribution in [0.1, 0.15) is 38.3 Å². The maximum Gasteiger partial charge on any atom is 0.181 e. The van der Waals surface area contributed by atoms with E-state index in [-0.39, 0.29) is 11.3 Å². The highest BCUT2D eigenvalue weighted by Gasteiger charge is 2.37. The average molecular weight is 311 g/mol. The molecule has 0 saturated carbocycles. The second-order valence-corrected chi connectivity index (χ2v) is 7.97. The van der Waals surface area contributed by atoms with Crippen molar-refractivity contribution in [2.24, 2.45) is 0 Å². The number of ether oxygens (including phenoxy) is 2. The summed E-state index contributed by atoms with van der Waals surface area (Å²) in [6.07, 6.45) is 1.60. The van der Waals surface area contributed by atoms with Gasteiger partial charge in [0.2, 0.25) is 0 Å². The zero-order chi connectivity index (χ0) is 15.0. The van der Waals surface area contributed by atoms with Crippen LogP contribution < -0.4 is 14.8 Å². The van der Waals surface area contributed by atoms with Crippen molar-refractivity contribution in [1.29, 1.82) is 0 Å². The first-order chi connectivity index (χ1) is 10.0. The van der Waals surface area contributed by atoms with Crippen LogP contribution in [0.15, 0.2) is 17.0 Å². The van der Waals surface area contributed by atoms with E-state index in [0.29, 0.717) is 36.0 Å². The van der Waals surface area contributed by atoms with E-state index in [1.165, 1.54) is 0 Å². The zero-order valence-electron chi connectivity index (χ0n) is 12.4. The van der Waals surface area contributed by atoms with Gasteiger partial charge in [-0.15, -0.1) is 0 Å². The molecule has 2 atom stereocenters. The smallest absolute Gasteiger partial charge is 0.181 e. The Morgan fingerprint density at radius 2 is 1.90 bits per heavy atom. The lowest BCUT2D eigenvalue weighted by Crippen LogP contribution is -2.35. The van der Waals surface area contributed by atoms with Gasteiger partial charge in [0.1, 0.15) is 13.2 Å². The van der Waals surface area contributed by atoms with Crippen LogP contribution in [0, 0.1) is 0 Å². The molecule has 2 aliphatic rings. The fourth-order valence-electron chi connectivity index (χ4n) is 2.92. The normalized spacial score (nSPS) is 26.2.